The summed E-state index contributed by atoms with van der Waals surface area (Å²) in [5.41, 5.74) is 4.97. The molecule has 3 N–H and O–H groups in total. The number of carbonyl (C=O) groups excluding carboxylic acids is 2. The van der Waals surface area contributed by atoms with Crippen LogP contribution in [0.1, 0.15) is 6.92 Å². The average Bonchev–Trinajstić information content (AvgIpc) is 2.39. The normalized spacial score (nSPS) is 11.6. The molecule has 20 heavy (non-hydrogen) atoms. The van der Waals surface area contributed by atoms with Crippen LogP contribution in [-0.4, -0.2) is 43.1 Å². The molecule has 0 aliphatic heterocycles. The summed E-state index contributed by atoms with van der Waals surface area (Å²) in [4.78, 5) is 24.0. The molecule has 1 aromatic carbocycles. The standard InChI is InChI=1S/C13H18BrN3O3/c1-9(16-13(15)19)12(18)17(2)7-8-20-11-5-3-10(14)4-6-11/h3-6,9H,7-8H2,1-2H3,(H3,15,16,19). The molecule has 0 saturated heterocycles. The monoisotopic (exact) mass is 343 g/mol. The van der Waals surface area contributed by atoms with Crippen molar-refractivity contribution in [1.82, 2.24) is 10.2 Å². The summed E-state index contributed by atoms with van der Waals surface area (Å²) in [6.07, 6.45) is 0. The Morgan fingerprint density at radius 3 is 2.55 bits per heavy atom. The number of ether oxygens (including phenoxy) is 1. The molecule has 3 amide bonds. The van der Waals surface area contributed by atoms with E-state index in [0.717, 1.165) is 10.2 Å². The highest BCUT2D eigenvalue weighted by molar-refractivity contribution is 9.10. The van der Waals surface area contributed by atoms with Gasteiger partial charge in [0.05, 0.1) is 6.54 Å². The minimum Gasteiger partial charge on any atom is -0.492 e. The predicted octanol–water partition coefficient (Wildman–Crippen LogP) is 1.34. The topological polar surface area (TPSA) is 84.7 Å². The first-order chi connectivity index (χ1) is 9.40. The first-order valence-electron chi connectivity index (χ1n) is 6.09. The van der Waals surface area contributed by atoms with Gasteiger partial charge < -0.3 is 20.7 Å². The van der Waals surface area contributed by atoms with Gasteiger partial charge in [-0.25, -0.2) is 4.79 Å². The van der Waals surface area contributed by atoms with E-state index in [-0.39, 0.29) is 5.91 Å². The number of nitrogens with zero attached hydrogens (tertiary/aromatic N) is 1. The summed E-state index contributed by atoms with van der Waals surface area (Å²) in [5.74, 6) is 0.514. The van der Waals surface area contributed by atoms with E-state index in [1.807, 2.05) is 24.3 Å². The van der Waals surface area contributed by atoms with Crippen LogP contribution in [0.25, 0.3) is 0 Å². The second-order valence-electron chi connectivity index (χ2n) is 4.29. The average molecular weight is 344 g/mol. The van der Waals surface area contributed by atoms with Crippen molar-refractivity contribution in [2.24, 2.45) is 5.73 Å². The van der Waals surface area contributed by atoms with Gasteiger partial charge in [0.25, 0.3) is 0 Å². The molecule has 7 heteroatoms. The van der Waals surface area contributed by atoms with Gasteiger partial charge in [0.2, 0.25) is 5.91 Å². The molecule has 1 aromatic rings. The number of halogens is 1. The van der Waals surface area contributed by atoms with Crippen LogP contribution in [0.2, 0.25) is 0 Å². The maximum Gasteiger partial charge on any atom is 0.312 e. The minimum absolute atomic E-state index is 0.219. The third kappa shape index (κ3) is 5.48. The Morgan fingerprint density at radius 1 is 1.40 bits per heavy atom. The Kier molecular flexibility index (Phi) is 6.30. The van der Waals surface area contributed by atoms with Gasteiger partial charge in [-0.1, -0.05) is 15.9 Å². The predicted molar refractivity (Wildman–Crippen MR) is 79.5 cm³/mol. The second kappa shape index (κ2) is 7.74. The number of likely N-dealkylation sites (N-methyl/N-ethyl adjacent to an activating group) is 1. The SMILES string of the molecule is CC(NC(N)=O)C(=O)N(C)CCOc1ccc(Br)cc1. The van der Waals surface area contributed by atoms with Crippen LogP contribution < -0.4 is 15.8 Å². The molecule has 0 radical (unpaired) electrons. The molecule has 0 saturated carbocycles. The third-order valence-electron chi connectivity index (χ3n) is 2.61. The van der Waals surface area contributed by atoms with E-state index < -0.39 is 12.1 Å². The van der Waals surface area contributed by atoms with Gasteiger partial charge in [-0.05, 0) is 31.2 Å². The Bertz CT molecular complexity index is 464. The molecule has 0 bridgehead atoms. The van der Waals surface area contributed by atoms with Crippen molar-refractivity contribution in [3.63, 3.8) is 0 Å². The van der Waals surface area contributed by atoms with E-state index in [2.05, 4.69) is 21.2 Å². The zero-order chi connectivity index (χ0) is 15.1. The van der Waals surface area contributed by atoms with Crippen LogP contribution >= 0.6 is 15.9 Å². The van der Waals surface area contributed by atoms with Crippen molar-refractivity contribution < 1.29 is 14.3 Å². The van der Waals surface area contributed by atoms with Gasteiger partial charge in [-0.3, -0.25) is 4.79 Å². The second-order valence-corrected chi connectivity index (χ2v) is 5.21. The Balaban J connectivity index is 2.35. The zero-order valence-electron chi connectivity index (χ0n) is 11.4. The van der Waals surface area contributed by atoms with Crippen LogP contribution in [0.5, 0.6) is 5.75 Å². The molecule has 110 valence electrons. The van der Waals surface area contributed by atoms with Gasteiger partial charge in [0.1, 0.15) is 18.4 Å². The number of hydrogen-bond donors (Lipinski definition) is 2. The summed E-state index contributed by atoms with van der Waals surface area (Å²) in [6.45, 7) is 2.37. The first kappa shape index (κ1) is 16.3. The van der Waals surface area contributed by atoms with Crippen molar-refractivity contribution >= 4 is 27.9 Å². The van der Waals surface area contributed by atoms with Crippen molar-refractivity contribution in [3.8, 4) is 5.75 Å². The summed E-state index contributed by atoms with van der Waals surface area (Å²) < 4.78 is 6.49. The number of amides is 3. The fourth-order valence-corrected chi connectivity index (χ4v) is 1.81. The van der Waals surface area contributed by atoms with Crippen LogP contribution in [-0.2, 0) is 4.79 Å². The number of nitrogens with two attached hydrogens (primary N) is 1. The molecule has 1 atom stereocenters. The van der Waals surface area contributed by atoms with Gasteiger partial charge in [-0.15, -0.1) is 0 Å². The fraction of sp³-hybridized carbons (Fsp3) is 0.385. The van der Waals surface area contributed by atoms with Crippen LogP contribution in [0.15, 0.2) is 28.7 Å². The lowest BCUT2D eigenvalue weighted by Crippen LogP contribution is -2.48. The highest BCUT2D eigenvalue weighted by atomic mass is 79.9. The molecule has 0 aromatic heterocycles. The lowest BCUT2D eigenvalue weighted by Gasteiger charge is -2.21. The number of rotatable bonds is 6. The summed E-state index contributed by atoms with van der Waals surface area (Å²) in [6, 6.07) is 6.06. The first-order valence-corrected chi connectivity index (χ1v) is 6.88. The van der Waals surface area contributed by atoms with Gasteiger partial charge in [0, 0.05) is 11.5 Å². The highest BCUT2D eigenvalue weighted by Gasteiger charge is 2.18. The number of primary amides is 1. The molecule has 1 unspecified atom stereocenters. The van der Waals surface area contributed by atoms with Gasteiger partial charge >= 0.3 is 6.03 Å². The lowest BCUT2D eigenvalue weighted by molar-refractivity contribution is -0.131. The number of hydrogen-bond acceptors (Lipinski definition) is 3. The fourth-order valence-electron chi connectivity index (χ4n) is 1.55. The molecule has 0 heterocycles. The highest BCUT2D eigenvalue weighted by Crippen LogP contribution is 2.15. The van der Waals surface area contributed by atoms with E-state index >= 15 is 0 Å². The maximum absolute atomic E-state index is 11.9. The Morgan fingerprint density at radius 2 is 2.00 bits per heavy atom. The van der Waals surface area contributed by atoms with Crippen molar-refractivity contribution in [1.29, 1.82) is 0 Å². The molecule has 1 rings (SSSR count). The molecule has 6 nitrogen and oxygen atoms in total. The molecular formula is C13H18BrN3O3. The van der Waals surface area contributed by atoms with Gasteiger partial charge in [0.15, 0.2) is 0 Å². The smallest absolute Gasteiger partial charge is 0.312 e. The van der Waals surface area contributed by atoms with Crippen molar-refractivity contribution in [3.05, 3.63) is 28.7 Å². The van der Waals surface area contributed by atoms with Crippen LogP contribution in [0.4, 0.5) is 4.79 Å². The van der Waals surface area contributed by atoms with E-state index in [1.54, 1.807) is 14.0 Å². The molecule has 0 fully saturated rings. The minimum atomic E-state index is -0.717. The Labute approximate surface area is 126 Å². The molecular weight excluding hydrogens is 326 g/mol. The largest absolute Gasteiger partial charge is 0.492 e. The number of urea groups is 1. The van der Waals surface area contributed by atoms with Crippen molar-refractivity contribution in [2.75, 3.05) is 20.2 Å². The lowest BCUT2D eigenvalue weighted by atomic mass is 10.3. The summed E-state index contributed by atoms with van der Waals surface area (Å²) in [5, 5.41) is 2.34. The third-order valence-corrected chi connectivity index (χ3v) is 3.14. The van der Waals surface area contributed by atoms with E-state index in [4.69, 9.17) is 10.5 Å². The molecule has 0 spiro atoms. The van der Waals surface area contributed by atoms with Crippen LogP contribution in [0, 0.1) is 0 Å². The van der Waals surface area contributed by atoms with E-state index in [9.17, 15) is 9.59 Å². The Hall–Kier alpha value is -1.76. The summed E-state index contributed by atoms with van der Waals surface area (Å²) in [7, 11) is 1.65. The maximum atomic E-state index is 11.9. The van der Waals surface area contributed by atoms with E-state index in [0.29, 0.717) is 13.2 Å². The van der Waals surface area contributed by atoms with Gasteiger partial charge in [-0.2, -0.15) is 0 Å². The number of benzene rings is 1. The molecule has 0 aliphatic carbocycles. The van der Waals surface area contributed by atoms with Crippen molar-refractivity contribution in [2.45, 2.75) is 13.0 Å². The zero-order valence-corrected chi connectivity index (χ0v) is 13.0. The summed E-state index contributed by atoms with van der Waals surface area (Å²) >= 11 is 3.34. The quantitative estimate of drug-likeness (QED) is 0.817. The molecule has 0 aliphatic rings. The number of nitrogens with one attached hydrogen (secondary N) is 1. The van der Waals surface area contributed by atoms with Crippen LogP contribution in [0.3, 0.4) is 0 Å². The number of carbonyl (C=O) groups is 2. The van der Waals surface area contributed by atoms with E-state index in [1.165, 1.54) is 4.90 Å².